The summed E-state index contributed by atoms with van der Waals surface area (Å²) in [6.07, 6.45) is 0. The lowest BCUT2D eigenvalue weighted by Gasteiger charge is -2.06. The molecular formula is C12H12F2N2O2S2. The van der Waals surface area contributed by atoms with Crippen LogP contribution in [0.1, 0.15) is 10.7 Å². The second-order valence-electron chi connectivity index (χ2n) is 4.04. The predicted molar refractivity (Wildman–Crippen MR) is 73.8 cm³/mol. The highest BCUT2D eigenvalue weighted by molar-refractivity contribution is 7.91. The Bertz CT molecular complexity index is 682. The van der Waals surface area contributed by atoms with E-state index in [1.165, 1.54) is 23.5 Å². The number of benzene rings is 1. The highest BCUT2D eigenvalue weighted by Crippen LogP contribution is 2.20. The Morgan fingerprint density at radius 2 is 1.95 bits per heavy atom. The van der Waals surface area contributed by atoms with Gasteiger partial charge >= 0.3 is 5.76 Å². The molecule has 20 heavy (non-hydrogen) atoms. The molecular weight excluding hydrogens is 306 g/mol. The molecule has 4 nitrogen and oxygen atoms in total. The number of aromatic nitrogens is 1. The third kappa shape index (κ3) is 3.31. The van der Waals surface area contributed by atoms with Crippen LogP contribution in [0.4, 0.5) is 14.5 Å². The van der Waals surface area contributed by atoms with Crippen molar-refractivity contribution in [3.8, 4) is 0 Å². The van der Waals surface area contributed by atoms with Crippen LogP contribution in [0.25, 0.3) is 0 Å². The summed E-state index contributed by atoms with van der Waals surface area (Å²) in [7, 11) is -4.53. The summed E-state index contributed by atoms with van der Waals surface area (Å²) >= 11 is 1.53. The lowest BCUT2D eigenvalue weighted by Crippen LogP contribution is -2.11. The summed E-state index contributed by atoms with van der Waals surface area (Å²) in [6.45, 7) is 2.39. The molecule has 0 spiro atoms. The van der Waals surface area contributed by atoms with E-state index < -0.39 is 15.6 Å². The van der Waals surface area contributed by atoms with Gasteiger partial charge in [0.15, 0.2) is 0 Å². The third-order valence-corrected chi connectivity index (χ3v) is 4.78. The molecule has 1 heterocycles. The van der Waals surface area contributed by atoms with Crippen LogP contribution in [-0.2, 0) is 16.4 Å². The van der Waals surface area contributed by atoms with E-state index in [1.54, 1.807) is 0 Å². The van der Waals surface area contributed by atoms with E-state index in [-0.39, 0.29) is 4.90 Å². The highest BCUT2D eigenvalue weighted by Gasteiger charge is 2.26. The summed E-state index contributed by atoms with van der Waals surface area (Å²) < 4.78 is 47.2. The molecule has 0 saturated carbocycles. The first-order chi connectivity index (χ1) is 9.39. The first kappa shape index (κ1) is 14.9. The van der Waals surface area contributed by atoms with E-state index in [1.807, 2.05) is 12.3 Å². The Morgan fingerprint density at radius 3 is 2.45 bits per heavy atom. The molecule has 2 aromatic rings. The van der Waals surface area contributed by atoms with Crippen LogP contribution in [0, 0.1) is 6.92 Å². The molecule has 2 rings (SSSR count). The van der Waals surface area contributed by atoms with Gasteiger partial charge in [-0.3, -0.25) is 0 Å². The van der Waals surface area contributed by atoms with Crippen LogP contribution >= 0.6 is 11.3 Å². The van der Waals surface area contributed by atoms with Gasteiger partial charge in [0.25, 0.3) is 0 Å². The SMILES string of the molecule is Cc1nc(CNc2ccc(S(=O)(=O)C(F)F)cc2)cs1. The normalized spacial score (nSPS) is 11.8. The van der Waals surface area contributed by atoms with Crippen molar-refractivity contribution >= 4 is 26.9 Å². The summed E-state index contributed by atoms with van der Waals surface area (Å²) in [6, 6.07) is 5.23. The number of hydrogen-bond donors (Lipinski definition) is 1. The predicted octanol–water partition coefficient (Wildman–Crippen LogP) is 3.06. The second-order valence-corrected chi connectivity index (χ2v) is 7.02. The van der Waals surface area contributed by atoms with Crippen molar-refractivity contribution in [2.75, 3.05) is 5.32 Å². The van der Waals surface area contributed by atoms with Crippen molar-refractivity contribution in [3.63, 3.8) is 0 Å². The Hall–Kier alpha value is -1.54. The zero-order valence-electron chi connectivity index (χ0n) is 10.5. The number of aryl methyl sites for hydroxylation is 1. The zero-order valence-corrected chi connectivity index (χ0v) is 12.1. The molecule has 0 atom stereocenters. The minimum Gasteiger partial charge on any atom is -0.379 e. The second kappa shape index (κ2) is 5.84. The number of alkyl halides is 2. The molecule has 0 aliphatic rings. The summed E-state index contributed by atoms with van der Waals surface area (Å²) in [4.78, 5) is 3.88. The first-order valence-electron chi connectivity index (χ1n) is 5.66. The van der Waals surface area contributed by atoms with Gasteiger partial charge in [0.05, 0.1) is 22.1 Å². The van der Waals surface area contributed by atoms with Crippen LogP contribution in [0.2, 0.25) is 0 Å². The quantitative estimate of drug-likeness (QED) is 0.920. The van der Waals surface area contributed by atoms with Gasteiger partial charge in [0.2, 0.25) is 9.84 Å². The van der Waals surface area contributed by atoms with Crippen LogP contribution in [-0.4, -0.2) is 19.2 Å². The average Bonchev–Trinajstić information content (AvgIpc) is 2.82. The number of anilines is 1. The molecule has 1 N–H and O–H groups in total. The van der Waals surface area contributed by atoms with E-state index in [2.05, 4.69) is 10.3 Å². The number of nitrogens with zero attached hydrogens (tertiary/aromatic N) is 1. The van der Waals surface area contributed by atoms with Crippen LogP contribution < -0.4 is 5.32 Å². The standard InChI is InChI=1S/C12H12F2N2O2S2/c1-8-16-10(7-19-8)6-15-9-2-4-11(5-3-9)20(17,18)12(13)14/h2-5,7,12,15H,6H2,1H3. The maximum atomic E-state index is 12.4. The van der Waals surface area contributed by atoms with E-state index in [4.69, 9.17) is 0 Å². The molecule has 0 radical (unpaired) electrons. The fourth-order valence-corrected chi connectivity index (χ4v) is 2.88. The minimum absolute atomic E-state index is 0.387. The molecule has 0 aliphatic carbocycles. The molecule has 0 amide bonds. The fraction of sp³-hybridized carbons (Fsp3) is 0.250. The van der Waals surface area contributed by atoms with Crippen LogP contribution in [0.15, 0.2) is 34.5 Å². The third-order valence-electron chi connectivity index (χ3n) is 2.56. The molecule has 1 aromatic carbocycles. The average molecular weight is 318 g/mol. The largest absolute Gasteiger partial charge is 0.379 e. The fourth-order valence-electron chi connectivity index (χ4n) is 1.55. The van der Waals surface area contributed by atoms with Gasteiger partial charge in [-0.15, -0.1) is 11.3 Å². The van der Waals surface area contributed by atoms with Crippen molar-refractivity contribution in [3.05, 3.63) is 40.3 Å². The summed E-state index contributed by atoms with van der Waals surface area (Å²) in [5.41, 5.74) is 1.51. The molecule has 1 aromatic heterocycles. The monoisotopic (exact) mass is 318 g/mol. The molecule has 0 aliphatic heterocycles. The minimum atomic E-state index is -4.53. The molecule has 0 bridgehead atoms. The van der Waals surface area contributed by atoms with Crippen molar-refractivity contribution in [2.45, 2.75) is 24.1 Å². The van der Waals surface area contributed by atoms with Crippen molar-refractivity contribution < 1.29 is 17.2 Å². The maximum absolute atomic E-state index is 12.4. The number of hydrogen-bond acceptors (Lipinski definition) is 5. The van der Waals surface area contributed by atoms with Crippen molar-refractivity contribution in [1.82, 2.24) is 4.98 Å². The Labute approximate surface area is 119 Å². The van der Waals surface area contributed by atoms with Gasteiger partial charge < -0.3 is 5.32 Å². The van der Waals surface area contributed by atoms with E-state index >= 15 is 0 Å². The lowest BCUT2D eigenvalue weighted by atomic mass is 10.3. The topological polar surface area (TPSA) is 59.1 Å². The number of nitrogens with one attached hydrogen (secondary N) is 1. The lowest BCUT2D eigenvalue weighted by molar-refractivity contribution is 0.234. The van der Waals surface area contributed by atoms with Gasteiger partial charge in [-0.2, -0.15) is 8.78 Å². The van der Waals surface area contributed by atoms with Gasteiger partial charge in [0, 0.05) is 11.1 Å². The Balaban J connectivity index is 2.05. The first-order valence-corrected chi connectivity index (χ1v) is 8.09. The Morgan fingerprint density at radius 1 is 1.30 bits per heavy atom. The van der Waals surface area contributed by atoms with E-state index in [9.17, 15) is 17.2 Å². The van der Waals surface area contributed by atoms with Gasteiger partial charge in [-0.1, -0.05) is 0 Å². The van der Waals surface area contributed by atoms with Gasteiger partial charge in [0.1, 0.15) is 0 Å². The van der Waals surface area contributed by atoms with Crippen molar-refractivity contribution in [2.24, 2.45) is 0 Å². The van der Waals surface area contributed by atoms with Crippen LogP contribution in [0.3, 0.4) is 0 Å². The van der Waals surface area contributed by atoms with Crippen molar-refractivity contribution in [1.29, 1.82) is 0 Å². The van der Waals surface area contributed by atoms with E-state index in [0.717, 1.165) is 22.8 Å². The smallest absolute Gasteiger partial charge is 0.341 e. The molecule has 0 unspecified atom stereocenters. The zero-order chi connectivity index (χ0) is 14.8. The number of thiazole rings is 1. The summed E-state index contributed by atoms with van der Waals surface area (Å²) in [5.74, 6) is -3.40. The number of halogens is 2. The van der Waals surface area contributed by atoms with E-state index in [0.29, 0.717) is 12.2 Å². The number of sulfone groups is 1. The maximum Gasteiger partial charge on any atom is 0.341 e. The molecule has 0 fully saturated rings. The van der Waals surface area contributed by atoms with Gasteiger partial charge in [-0.25, -0.2) is 13.4 Å². The highest BCUT2D eigenvalue weighted by atomic mass is 32.2. The number of rotatable bonds is 5. The molecule has 0 saturated heterocycles. The Kier molecular flexibility index (Phi) is 4.34. The van der Waals surface area contributed by atoms with Crippen LogP contribution in [0.5, 0.6) is 0 Å². The summed E-state index contributed by atoms with van der Waals surface area (Å²) in [5, 5.41) is 5.92. The van der Waals surface area contributed by atoms with Gasteiger partial charge in [-0.05, 0) is 31.2 Å². The molecule has 8 heteroatoms. The molecule has 108 valence electrons.